The summed E-state index contributed by atoms with van der Waals surface area (Å²) in [6, 6.07) is 0.464. The summed E-state index contributed by atoms with van der Waals surface area (Å²) < 4.78 is 0. The van der Waals surface area contributed by atoms with E-state index in [2.05, 4.69) is 17.2 Å². The molecule has 1 N–H and O–H groups in total. The minimum atomic E-state index is -0.319. The summed E-state index contributed by atoms with van der Waals surface area (Å²) in [7, 11) is 0. The molecule has 5 nitrogen and oxygen atoms in total. The van der Waals surface area contributed by atoms with E-state index in [4.69, 9.17) is 0 Å². The molecule has 1 atom stereocenters. The highest BCUT2D eigenvalue weighted by Crippen LogP contribution is 2.32. The van der Waals surface area contributed by atoms with Gasteiger partial charge in [-0.1, -0.05) is 0 Å². The number of aromatic nitrogens is 1. The Bertz CT molecular complexity index is 470. The maximum Gasteiger partial charge on any atom is 0.278 e. The molecule has 2 rings (SSSR count). The Labute approximate surface area is 107 Å². The highest BCUT2D eigenvalue weighted by Gasteiger charge is 2.28. The van der Waals surface area contributed by atoms with Gasteiger partial charge in [0.05, 0.1) is 10.6 Å². The Hall–Kier alpha value is -1.49. The first-order valence-corrected chi connectivity index (χ1v) is 6.33. The molecule has 0 bridgehead atoms. The molecule has 0 saturated heterocycles. The molecule has 5 heteroatoms. The van der Waals surface area contributed by atoms with Gasteiger partial charge in [-0.3, -0.25) is 15.1 Å². The van der Waals surface area contributed by atoms with E-state index in [9.17, 15) is 10.1 Å². The predicted molar refractivity (Wildman–Crippen MR) is 69.4 cm³/mol. The molecule has 0 aromatic carbocycles. The van der Waals surface area contributed by atoms with Crippen LogP contribution in [0.25, 0.3) is 0 Å². The summed E-state index contributed by atoms with van der Waals surface area (Å²) in [4.78, 5) is 15.0. The highest BCUT2D eigenvalue weighted by molar-refractivity contribution is 5.47. The first-order valence-electron chi connectivity index (χ1n) is 6.33. The average molecular weight is 249 g/mol. The number of nitrogens with zero attached hydrogens (tertiary/aromatic N) is 2. The van der Waals surface area contributed by atoms with Crippen molar-refractivity contribution in [2.24, 2.45) is 5.92 Å². The van der Waals surface area contributed by atoms with Crippen LogP contribution in [-0.2, 0) is 6.54 Å². The summed E-state index contributed by atoms with van der Waals surface area (Å²) in [5.41, 5.74) is 2.27. The molecule has 1 saturated carbocycles. The molecule has 0 spiro atoms. The third-order valence-corrected chi connectivity index (χ3v) is 3.68. The fraction of sp³-hybridized carbons (Fsp3) is 0.615. The lowest BCUT2D eigenvalue weighted by Crippen LogP contribution is -2.28. The average Bonchev–Trinajstić information content (AvgIpc) is 3.11. The van der Waals surface area contributed by atoms with Crippen molar-refractivity contribution in [1.82, 2.24) is 10.3 Å². The lowest BCUT2D eigenvalue weighted by atomic mass is 10.1. The van der Waals surface area contributed by atoms with Crippen molar-refractivity contribution in [1.29, 1.82) is 0 Å². The summed E-state index contributed by atoms with van der Waals surface area (Å²) in [6.07, 6.45) is 4.16. The van der Waals surface area contributed by atoms with Crippen molar-refractivity contribution in [3.8, 4) is 0 Å². The van der Waals surface area contributed by atoms with Crippen LogP contribution in [0.3, 0.4) is 0 Å². The molecule has 1 aliphatic carbocycles. The molecule has 0 amide bonds. The van der Waals surface area contributed by atoms with Gasteiger partial charge in [-0.15, -0.1) is 0 Å². The lowest BCUT2D eigenvalue weighted by Gasteiger charge is -2.13. The van der Waals surface area contributed by atoms with E-state index in [1.165, 1.54) is 12.8 Å². The van der Waals surface area contributed by atoms with E-state index >= 15 is 0 Å². The van der Waals surface area contributed by atoms with Gasteiger partial charge in [-0.25, -0.2) is 0 Å². The largest absolute Gasteiger partial charge is 0.308 e. The molecule has 1 unspecified atom stereocenters. The molecule has 1 aromatic rings. The topological polar surface area (TPSA) is 68.1 Å². The molecule has 1 aliphatic rings. The number of pyridine rings is 1. The van der Waals surface area contributed by atoms with Crippen LogP contribution in [0.15, 0.2) is 6.20 Å². The second kappa shape index (κ2) is 5.02. The van der Waals surface area contributed by atoms with Gasteiger partial charge in [0.2, 0.25) is 0 Å². The molecule has 1 fully saturated rings. The minimum Gasteiger partial charge on any atom is -0.308 e. The second-order valence-electron chi connectivity index (χ2n) is 5.13. The monoisotopic (exact) mass is 249 g/mol. The van der Waals surface area contributed by atoms with E-state index in [1.54, 1.807) is 20.0 Å². The number of rotatable bonds is 5. The Balaban J connectivity index is 2.12. The zero-order chi connectivity index (χ0) is 13.3. The van der Waals surface area contributed by atoms with Crippen molar-refractivity contribution in [2.75, 3.05) is 0 Å². The second-order valence-corrected chi connectivity index (χ2v) is 5.13. The molecule has 1 aromatic heterocycles. The van der Waals surface area contributed by atoms with Crippen LogP contribution < -0.4 is 5.32 Å². The molecular weight excluding hydrogens is 230 g/mol. The third-order valence-electron chi connectivity index (χ3n) is 3.68. The maximum atomic E-state index is 11.0. The Kier molecular flexibility index (Phi) is 3.61. The Morgan fingerprint density at radius 2 is 2.22 bits per heavy atom. The van der Waals surface area contributed by atoms with Crippen molar-refractivity contribution < 1.29 is 4.92 Å². The molecule has 98 valence electrons. The fourth-order valence-electron chi connectivity index (χ4n) is 2.24. The summed E-state index contributed by atoms with van der Waals surface area (Å²) in [5, 5.41) is 14.4. The third kappa shape index (κ3) is 2.67. The summed E-state index contributed by atoms with van der Waals surface area (Å²) in [6.45, 7) is 6.26. The van der Waals surface area contributed by atoms with Crippen LogP contribution in [0, 0.1) is 29.9 Å². The van der Waals surface area contributed by atoms with Gasteiger partial charge in [0, 0.05) is 29.9 Å². The van der Waals surface area contributed by atoms with Crippen molar-refractivity contribution in [3.63, 3.8) is 0 Å². The molecule has 0 radical (unpaired) electrons. The molecule has 18 heavy (non-hydrogen) atoms. The van der Waals surface area contributed by atoms with Gasteiger partial charge in [-0.05, 0) is 39.5 Å². The van der Waals surface area contributed by atoms with Gasteiger partial charge in [0.25, 0.3) is 5.69 Å². The maximum absolute atomic E-state index is 11.0. The first kappa shape index (κ1) is 13.0. The molecule has 0 aliphatic heterocycles. The number of hydrogen-bond donors (Lipinski definition) is 1. The minimum absolute atomic E-state index is 0.195. The smallest absolute Gasteiger partial charge is 0.278 e. The molecule has 1 heterocycles. The van der Waals surface area contributed by atoms with E-state index in [0.717, 1.165) is 11.6 Å². The Morgan fingerprint density at radius 3 is 2.78 bits per heavy atom. The van der Waals surface area contributed by atoms with E-state index < -0.39 is 0 Å². The molecular formula is C13H19N3O2. The van der Waals surface area contributed by atoms with Crippen LogP contribution >= 0.6 is 0 Å². The number of hydrogen-bond acceptors (Lipinski definition) is 4. The van der Waals surface area contributed by atoms with Gasteiger partial charge in [-0.2, -0.15) is 0 Å². The number of nitro groups is 1. The van der Waals surface area contributed by atoms with Gasteiger partial charge < -0.3 is 5.32 Å². The zero-order valence-corrected chi connectivity index (χ0v) is 11.1. The first-order chi connectivity index (χ1) is 8.50. The van der Waals surface area contributed by atoms with E-state index in [1.807, 2.05) is 0 Å². The summed E-state index contributed by atoms with van der Waals surface area (Å²) >= 11 is 0. The number of aryl methyl sites for hydroxylation is 1. The SMILES string of the molecule is Cc1cnc(CNC(C)C2CC2)c(C)c1[N+](=O)[O-]. The standard InChI is InChI=1S/C13H19N3O2/c1-8-6-15-12(9(2)13(8)16(17)18)7-14-10(3)11-4-5-11/h6,10-11,14H,4-5,7H2,1-3H3. The van der Waals surface area contributed by atoms with Gasteiger partial charge in [0.15, 0.2) is 0 Å². The lowest BCUT2D eigenvalue weighted by molar-refractivity contribution is -0.386. The van der Waals surface area contributed by atoms with Crippen LogP contribution in [0.1, 0.15) is 36.6 Å². The number of nitrogens with one attached hydrogen (secondary N) is 1. The van der Waals surface area contributed by atoms with Crippen molar-refractivity contribution >= 4 is 5.69 Å². The predicted octanol–water partition coefficient (Wildman–Crippen LogP) is 2.49. The summed E-state index contributed by atoms with van der Waals surface area (Å²) in [5.74, 6) is 0.769. The van der Waals surface area contributed by atoms with Gasteiger partial charge in [0.1, 0.15) is 0 Å². The van der Waals surface area contributed by atoms with E-state index in [-0.39, 0.29) is 10.6 Å². The fourth-order valence-corrected chi connectivity index (χ4v) is 2.24. The van der Waals surface area contributed by atoms with Crippen molar-refractivity contribution in [3.05, 3.63) is 33.1 Å². The highest BCUT2D eigenvalue weighted by atomic mass is 16.6. The normalized spacial score (nSPS) is 16.6. The van der Waals surface area contributed by atoms with Crippen LogP contribution in [0.4, 0.5) is 5.69 Å². The van der Waals surface area contributed by atoms with Crippen LogP contribution in [0.5, 0.6) is 0 Å². The zero-order valence-electron chi connectivity index (χ0n) is 11.1. The van der Waals surface area contributed by atoms with Gasteiger partial charge >= 0.3 is 0 Å². The Morgan fingerprint density at radius 1 is 1.56 bits per heavy atom. The quantitative estimate of drug-likeness (QED) is 0.643. The van der Waals surface area contributed by atoms with Crippen LogP contribution in [-0.4, -0.2) is 15.9 Å². The van der Waals surface area contributed by atoms with E-state index in [0.29, 0.717) is 23.7 Å². The van der Waals surface area contributed by atoms with Crippen molar-refractivity contribution in [2.45, 2.75) is 46.2 Å². The van der Waals surface area contributed by atoms with Crippen LogP contribution in [0.2, 0.25) is 0 Å².